The Hall–Kier alpha value is -2.90. The molecule has 152 valence electrons. The Bertz CT molecular complexity index is 1120. The second-order valence-electron chi connectivity index (χ2n) is 6.65. The van der Waals surface area contributed by atoms with Gasteiger partial charge in [-0.1, -0.05) is 66.4 Å². The zero-order chi connectivity index (χ0) is 20.8. The first-order valence-corrected chi connectivity index (χ1v) is 11.4. The summed E-state index contributed by atoms with van der Waals surface area (Å²) in [5.41, 5.74) is 3.28. The smallest absolute Gasteiger partial charge is 0.191 e. The topological polar surface area (TPSA) is 52.8 Å². The molecule has 4 aromatic rings. The highest BCUT2D eigenvalue weighted by molar-refractivity contribution is 7.98. The molecule has 2 heterocycles. The van der Waals surface area contributed by atoms with E-state index in [-0.39, 0.29) is 0 Å². The van der Waals surface area contributed by atoms with Gasteiger partial charge in [0.15, 0.2) is 11.0 Å². The fourth-order valence-corrected chi connectivity index (χ4v) is 4.72. The molecule has 2 aromatic carbocycles. The van der Waals surface area contributed by atoms with Crippen LogP contribution in [0.5, 0.6) is 5.75 Å². The predicted octanol–water partition coefficient (Wildman–Crippen LogP) is 5.77. The third kappa shape index (κ3) is 4.80. The van der Waals surface area contributed by atoms with E-state index in [1.54, 1.807) is 23.1 Å². The fraction of sp³-hybridized carbons (Fsp3) is 0.174. The number of benzene rings is 2. The van der Waals surface area contributed by atoms with Crippen LogP contribution in [-0.4, -0.2) is 19.7 Å². The summed E-state index contributed by atoms with van der Waals surface area (Å²) in [6.45, 7) is 6.89. The molecule has 5 nitrogen and oxygen atoms in total. The zero-order valence-corrected chi connectivity index (χ0v) is 18.3. The fourth-order valence-electron chi connectivity index (χ4n) is 2.93. The van der Waals surface area contributed by atoms with E-state index in [9.17, 15) is 0 Å². The summed E-state index contributed by atoms with van der Waals surface area (Å²) in [7, 11) is 0. The number of allylic oxidation sites excluding steroid dienone is 1. The Morgan fingerprint density at radius 2 is 1.90 bits per heavy atom. The van der Waals surface area contributed by atoms with Crippen LogP contribution in [0.4, 0.5) is 0 Å². The lowest BCUT2D eigenvalue weighted by molar-refractivity contribution is 0.287. The van der Waals surface area contributed by atoms with Gasteiger partial charge in [0.2, 0.25) is 0 Å². The predicted molar refractivity (Wildman–Crippen MR) is 123 cm³/mol. The van der Waals surface area contributed by atoms with Crippen LogP contribution in [-0.2, 0) is 18.9 Å². The molecule has 0 unspecified atom stereocenters. The molecule has 2 aromatic heterocycles. The lowest BCUT2D eigenvalue weighted by Crippen LogP contribution is -2.08. The number of aromatic nitrogens is 4. The summed E-state index contributed by atoms with van der Waals surface area (Å²) < 4.78 is 8.00. The number of nitrogens with zero attached hydrogens (tertiary/aromatic N) is 4. The van der Waals surface area contributed by atoms with Gasteiger partial charge in [-0.05, 0) is 18.6 Å². The van der Waals surface area contributed by atoms with Gasteiger partial charge in [0, 0.05) is 23.2 Å². The molecule has 4 rings (SSSR count). The molecule has 0 saturated heterocycles. The number of rotatable bonds is 9. The van der Waals surface area contributed by atoms with E-state index < -0.39 is 0 Å². The average Bonchev–Trinajstić information content (AvgIpc) is 3.40. The van der Waals surface area contributed by atoms with Gasteiger partial charge in [0.1, 0.15) is 17.4 Å². The van der Waals surface area contributed by atoms with Crippen molar-refractivity contribution >= 4 is 23.1 Å². The Labute approximate surface area is 184 Å². The van der Waals surface area contributed by atoms with Gasteiger partial charge in [0.05, 0.1) is 5.69 Å². The lowest BCUT2D eigenvalue weighted by Gasteiger charge is -2.10. The van der Waals surface area contributed by atoms with Crippen molar-refractivity contribution in [3.63, 3.8) is 0 Å². The Morgan fingerprint density at radius 3 is 2.70 bits per heavy atom. The molecule has 0 saturated carbocycles. The molecule has 0 aliphatic rings. The quantitative estimate of drug-likeness (QED) is 0.247. The number of thiazole rings is 1. The standard InChI is InChI=1S/C23H22N4OS2/c1-3-13-27-21(14-28-20-12-8-7-9-17(20)2)25-26-23(27)30-16-19-15-29-22(24-19)18-10-5-4-6-11-18/h3-12,15H,1,13-14,16H2,2H3. The number of hydrogen-bond donors (Lipinski definition) is 0. The molecular formula is C23H22N4OS2. The van der Waals surface area contributed by atoms with Crippen molar-refractivity contribution in [2.24, 2.45) is 0 Å². The van der Waals surface area contributed by atoms with E-state index in [1.807, 2.05) is 60.0 Å². The number of aryl methyl sites for hydroxylation is 1. The molecule has 0 aliphatic carbocycles. The monoisotopic (exact) mass is 434 g/mol. The van der Waals surface area contributed by atoms with Crippen LogP contribution >= 0.6 is 23.1 Å². The van der Waals surface area contributed by atoms with Crippen LogP contribution < -0.4 is 4.74 Å². The molecule has 30 heavy (non-hydrogen) atoms. The highest BCUT2D eigenvalue weighted by Gasteiger charge is 2.14. The maximum Gasteiger partial charge on any atom is 0.191 e. The molecular weight excluding hydrogens is 412 g/mol. The highest BCUT2D eigenvalue weighted by atomic mass is 32.2. The Morgan fingerprint density at radius 1 is 1.10 bits per heavy atom. The summed E-state index contributed by atoms with van der Waals surface area (Å²) in [5.74, 6) is 2.37. The van der Waals surface area contributed by atoms with Gasteiger partial charge in [-0.2, -0.15) is 0 Å². The van der Waals surface area contributed by atoms with Crippen molar-refractivity contribution in [1.29, 1.82) is 0 Å². The SMILES string of the molecule is C=CCn1c(COc2ccccc2C)nnc1SCc1csc(-c2ccccc2)n1. The maximum absolute atomic E-state index is 5.96. The minimum Gasteiger partial charge on any atom is -0.485 e. The third-order valence-electron chi connectivity index (χ3n) is 4.48. The minimum atomic E-state index is 0.362. The number of thioether (sulfide) groups is 1. The van der Waals surface area contributed by atoms with Crippen LogP contribution in [0.25, 0.3) is 10.6 Å². The van der Waals surface area contributed by atoms with Gasteiger partial charge in [-0.25, -0.2) is 4.98 Å². The van der Waals surface area contributed by atoms with Crippen molar-refractivity contribution in [3.05, 3.63) is 89.7 Å². The van der Waals surface area contributed by atoms with E-state index in [4.69, 9.17) is 9.72 Å². The van der Waals surface area contributed by atoms with Gasteiger partial charge in [0.25, 0.3) is 0 Å². The molecule has 0 amide bonds. The molecule has 0 bridgehead atoms. The second-order valence-corrected chi connectivity index (χ2v) is 8.45. The van der Waals surface area contributed by atoms with Crippen LogP contribution in [0.2, 0.25) is 0 Å². The average molecular weight is 435 g/mol. The molecule has 0 N–H and O–H groups in total. The van der Waals surface area contributed by atoms with Gasteiger partial charge >= 0.3 is 0 Å². The molecule has 0 aliphatic heterocycles. The second kappa shape index (κ2) is 9.73. The molecule has 0 radical (unpaired) electrons. The first-order chi connectivity index (χ1) is 14.7. The van der Waals surface area contributed by atoms with E-state index in [1.165, 1.54) is 0 Å². The van der Waals surface area contributed by atoms with Crippen molar-refractivity contribution in [2.75, 3.05) is 0 Å². The summed E-state index contributed by atoms with van der Waals surface area (Å²) in [6.07, 6.45) is 1.85. The molecule has 0 spiro atoms. The largest absolute Gasteiger partial charge is 0.485 e. The van der Waals surface area contributed by atoms with Crippen molar-refractivity contribution in [1.82, 2.24) is 19.7 Å². The van der Waals surface area contributed by atoms with E-state index >= 15 is 0 Å². The van der Waals surface area contributed by atoms with Crippen molar-refractivity contribution < 1.29 is 4.74 Å². The van der Waals surface area contributed by atoms with E-state index in [2.05, 4.69) is 34.3 Å². The Balaban J connectivity index is 1.44. The number of para-hydroxylation sites is 1. The van der Waals surface area contributed by atoms with Crippen LogP contribution in [0.3, 0.4) is 0 Å². The van der Waals surface area contributed by atoms with Gasteiger partial charge < -0.3 is 4.74 Å². The highest BCUT2D eigenvalue weighted by Crippen LogP contribution is 2.28. The van der Waals surface area contributed by atoms with Gasteiger partial charge in [-0.3, -0.25) is 4.57 Å². The third-order valence-corrected chi connectivity index (χ3v) is 6.42. The summed E-state index contributed by atoms with van der Waals surface area (Å²) >= 11 is 3.29. The van der Waals surface area contributed by atoms with E-state index in [0.717, 1.165) is 44.3 Å². The minimum absolute atomic E-state index is 0.362. The van der Waals surface area contributed by atoms with Crippen LogP contribution in [0.15, 0.2) is 77.8 Å². The van der Waals surface area contributed by atoms with E-state index in [0.29, 0.717) is 13.2 Å². The lowest BCUT2D eigenvalue weighted by atomic mass is 10.2. The summed E-state index contributed by atoms with van der Waals surface area (Å²) in [5, 5.41) is 12.7. The summed E-state index contributed by atoms with van der Waals surface area (Å²) in [4.78, 5) is 4.76. The maximum atomic E-state index is 5.96. The first kappa shape index (κ1) is 20.4. The molecule has 7 heteroatoms. The van der Waals surface area contributed by atoms with Gasteiger partial charge in [-0.15, -0.1) is 28.1 Å². The number of ether oxygens (including phenoxy) is 1. The van der Waals surface area contributed by atoms with Crippen molar-refractivity contribution in [3.8, 4) is 16.3 Å². The zero-order valence-electron chi connectivity index (χ0n) is 16.7. The summed E-state index contributed by atoms with van der Waals surface area (Å²) in [6, 6.07) is 18.2. The number of hydrogen-bond acceptors (Lipinski definition) is 6. The normalized spacial score (nSPS) is 10.8. The van der Waals surface area contributed by atoms with Crippen LogP contribution in [0.1, 0.15) is 17.1 Å². The Kier molecular flexibility index (Phi) is 6.61. The van der Waals surface area contributed by atoms with Crippen molar-refractivity contribution in [2.45, 2.75) is 31.0 Å². The first-order valence-electron chi connectivity index (χ1n) is 9.58. The molecule has 0 fully saturated rings. The van der Waals surface area contributed by atoms with Crippen LogP contribution in [0, 0.1) is 6.92 Å². The molecule has 0 atom stereocenters.